The number of carbonyl (C=O) groups is 1. The van der Waals surface area contributed by atoms with Gasteiger partial charge in [0.25, 0.3) is 11.6 Å². The van der Waals surface area contributed by atoms with Gasteiger partial charge in [0.05, 0.1) is 4.92 Å². The summed E-state index contributed by atoms with van der Waals surface area (Å²) in [6.45, 7) is 3.53. The Hall–Kier alpha value is -2.20. The summed E-state index contributed by atoms with van der Waals surface area (Å²) >= 11 is 2.93. The van der Waals surface area contributed by atoms with E-state index in [0.717, 1.165) is 22.9 Å². The van der Waals surface area contributed by atoms with Crippen molar-refractivity contribution in [2.75, 3.05) is 17.7 Å². The number of anilines is 1. The van der Waals surface area contributed by atoms with Crippen LogP contribution in [-0.2, 0) is 4.79 Å². The minimum absolute atomic E-state index is 0.0127. The van der Waals surface area contributed by atoms with Crippen LogP contribution >= 0.6 is 23.1 Å². The normalized spacial score (nSPS) is 10.5. The van der Waals surface area contributed by atoms with Gasteiger partial charge >= 0.3 is 0 Å². The number of aryl methyl sites for hydroxylation is 1. The number of nitrogens with zero attached hydrogens (tertiary/aromatic N) is 3. The van der Waals surface area contributed by atoms with Gasteiger partial charge in [-0.25, -0.2) is 0 Å². The number of nitro groups is 1. The number of amides is 1. The molecule has 1 amide bonds. The Morgan fingerprint density at radius 1 is 1.44 bits per heavy atom. The van der Waals surface area contributed by atoms with Gasteiger partial charge in [0.15, 0.2) is 10.9 Å². The van der Waals surface area contributed by atoms with Gasteiger partial charge in [0.2, 0.25) is 5.13 Å². The van der Waals surface area contributed by atoms with E-state index in [-0.39, 0.29) is 18.2 Å². The molecule has 0 fully saturated rings. The lowest BCUT2D eigenvalue weighted by molar-refractivity contribution is -0.385. The number of ether oxygens (including phenoxy) is 1. The third-order valence-electron chi connectivity index (χ3n) is 3.11. The van der Waals surface area contributed by atoms with Crippen molar-refractivity contribution in [3.63, 3.8) is 0 Å². The number of benzene rings is 1. The first kappa shape index (κ1) is 19.1. The van der Waals surface area contributed by atoms with Crippen molar-refractivity contribution in [1.29, 1.82) is 0 Å². The highest BCUT2D eigenvalue weighted by Crippen LogP contribution is 2.26. The number of nitrogens with one attached hydrogen (secondary N) is 1. The van der Waals surface area contributed by atoms with Crippen LogP contribution in [0.4, 0.5) is 10.8 Å². The minimum atomic E-state index is -0.461. The van der Waals surface area contributed by atoms with E-state index in [1.54, 1.807) is 18.7 Å². The van der Waals surface area contributed by atoms with Gasteiger partial charge in [-0.1, -0.05) is 36.4 Å². The molecular formula is C15H18N4O4S2. The Balaban J connectivity index is 1.82. The van der Waals surface area contributed by atoms with E-state index < -0.39 is 4.92 Å². The SMILES string of the molecule is CCCCSc1nnc(NC(=O)COc2ccc([N+](=O)[O-])c(C)c2)s1. The maximum atomic E-state index is 11.9. The Bertz CT molecular complexity index is 751. The molecule has 8 nitrogen and oxygen atoms in total. The first-order chi connectivity index (χ1) is 12.0. The molecule has 0 aliphatic rings. The molecule has 0 radical (unpaired) electrons. The molecule has 1 aromatic carbocycles. The summed E-state index contributed by atoms with van der Waals surface area (Å²) in [5, 5.41) is 21.8. The fourth-order valence-electron chi connectivity index (χ4n) is 1.85. The standard InChI is InChI=1S/C15H18N4O4S2/c1-3-4-7-24-15-18-17-14(25-15)16-13(20)9-23-11-5-6-12(19(21)22)10(2)8-11/h5-6,8H,3-4,7,9H2,1-2H3,(H,16,17,20). The number of carbonyl (C=O) groups excluding carboxylic acids is 1. The quantitative estimate of drug-likeness (QED) is 0.232. The van der Waals surface area contributed by atoms with E-state index >= 15 is 0 Å². The van der Waals surface area contributed by atoms with E-state index in [1.807, 2.05) is 0 Å². The lowest BCUT2D eigenvalue weighted by Gasteiger charge is -2.06. The number of nitro benzene ring substituents is 1. The number of unbranched alkanes of at least 4 members (excludes halogenated alkanes) is 1. The molecule has 10 heteroatoms. The van der Waals surface area contributed by atoms with E-state index in [4.69, 9.17) is 4.74 Å². The van der Waals surface area contributed by atoms with Crippen molar-refractivity contribution < 1.29 is 14.5 Å². The zero-order valence-electron chi connectivity index (χ0n) is 13.9. The van der Waals surface area contributed by atoms with Crippen molar-refractivity contribution in [3.05, 3.63) is 33.9 Å². The van der Waals surface area contributed by atoms with Crippen molar-refractivity contribution in [1.82, 2.24) is 10.2 Å². The predicted octanol–water partition coefficient (Wildman–Crippen LogP) is 3.66. The highest BCUT2D eigenvalue weighted by Gasteiger charge is 2.12. The van der Waals surface area contributed by atoms with Crippen LogP contribution in [0.3, 0.4) is 0 Å². The number of hydrogen-bond acceptors (Lipinski definition) is 8. The van der Waals surface area contributed by atoms with E-state index in [1.165, 1.54) is 29.5 Å². The van der Waals surface area contributed by atoms with Crippen molar-refractivity contribution >= 4 is 39.8 Å². The monoisotopic (exact) mass is 382 g/mol. The first-order valence-corrected chi connectivity index (χ1v) is 9.43. The molecule has 25 heavy (non-hydrogen) atoms. The summed E-state index contributed by atoms with van der Waals surface area (Å²) in [4.78, 5) is 22.2. The summed E-state index contributed by atoms with van der Waals surface area (Å²) in [5.41, 5.74) is 0.486. The Labute approximate surface area is 153 Å². The van der Waals surface area contributed by atoms with Gasteiger partial charge in [-0.05, 0) is 25.5 Å². The van der Waals surface area contributed by atoms with Gasteiger partial charge in [0, 0.05) is 17.4 Å². The fraction of sp³-hybridized carbons (Fsp3) is 0.400. The Kier molecular flexibility index (Phi) is 7.14. The number of hydrogen-bond donors (Lipinski definition) is 1. The molecule has 134 valence electrons. The van der Waals surface area contributed by atoms with Crippen LogP contribution in [0.1, 0.15) is 25.3 Å². The maximum absolute atomic E-state index is 11.9. The zero-order chi connectivity index (χ0) is 18.2. The lowest BCUT2D eigenvalue weighted by atomic mass is 10.2. The van der Waals surface area contributed by atoms with E-state index in [9.17, 15) is 14.9 Å². The molecule has 1 aromatic heterocycles. The molecule has 0 atom stereocenters. The van der Waals surface area contributed by atoms with Gasteiger partial charge in [0.1, 0.15) is 5.75 Å². The van der Waals surface area contributed by atoms with Gasteiger partial charge in [-0.15, -0.1) is 10.2 Å². The minimum Gasteiger partial charge on any atom is -0.484 e. The molecule has 0 aliphatic heterocycles. The number of thioether (sulfide) groups is 1. The molecular weight excluding hydrogens is 364 g/mol. The fourth-order valence-corrected chi connectivity index (χ4v) is 3.77. The maximum Gasteiger partial charge on any atom is 0.272 e. The predicted molar refractivity (Wildman–Crippen MR) is 97.5 cm³/mol. The average Bonchev–Trinajstić information content (AvgIpc) is 3.00. The van der Waals surface area contributed by atoms with Crippen LogP contribution in [0.2, 0.25) is 0 Å². The summed E-state index contributed by atoms with van der Waals surface area (Å²) in [7, 11) is 0. The second-order valence-electron chi connectivity index (χ2n) is 5.12. The van der Waals surface area contributed by atoms with Crippen LogP contribution < -0.4 is 10.1 Å². The van der Waals surface area contributed by atoms with Crippen molar-refractivity contribution in [2.45, 2.75) is 31.0 Å². The van der Waals surface area contributed by atoms with Crippen LogP contribution in [-0.4, -0.2) is 33.4 Å². The van der Waals surface area contributed by atoms with Gasteiger partial charge < -0.3 is 4.74 Å². The molecule has 0 unspecified atom stereocenters. The second-order valence-corrected chi connectivity index (χ2v) is 7.44. The third-order valence-corrected chi connectivity index (χ3v) is 5.17. The molecule has 0 spiro atoms. The van der Waals surface area contributed by atoms with Crippen molar-refractivity contribution in [3.8, 4) is 5.75 Å². The van der Waals surface area contributed by atoms with E-state index in [2.05, 4.69) is 22.4 Å². The highest BCUT2D eigenvalue weighted by molar-refractivity contribution is 8.01. The molecule has 0 saturated heterocycles. The molecule has 1 N–H and O–H groups in total. The van der Waals surface area contributed by atoms with Crippen LogP contribution in [0.5, 0.6) is 5.75 Å². The molecule has 2 aromatic rings. The van der Waals surface area contributed by atoms with Crippen molar-refractivity contribution in [2.24, 2.45) is 0 Å². The molecule has 1 heterocycles. The Morgan fingerprint density at radius 2 is 2.24 bits per heavy atom. The third kappa shape index (κ3) is 5.98. The zero-order valence-corrected chi connectivity index (χ0v) is 15.5. The summed E-state index contributed by atoms with van der Waals surface area (Å²) in [6, 6.07) is 4.35. The smallest absolute Gasteiger partial charge is 0.272 e. The molecule has 0 bridgehead atoms. The molecule has 0 saturated carbocycles. The van der Waals surface area contributed by atoms with E-state index in [0.29, 0.717) is 16.4 Å². The molecule has 0 aliphatic carbocycles. The lowest BCUT2D eigenvalue weighted by Crippen LogP contribution is -2.20. The summed E-state index contributed by atoms with van der Waals surface area (Å²) in [5.74, 6) is 1.00. The first-order valence-electron chi connectivity index (χ1n) is 7.63. The summed E-state index contributed by atoms with van der Waals surface area (Å²) in [6.07, 6.45) is 2.23. The summed E-state index contributed by atoms with van der Waals surface area (Å²) < 4.78 is 6.17. The second kappa shape index (κ2) is 9.33. The number of rotatable bonds is 9. The Morgan fingerprint density at radius 3 is 2.92 bits per heavy atom. The molecule has 2 rings (SSSR count). The average molecular weight is 382 g/mol. The van der Waals surface area contributed by atoms with Gasteiger partial charge in [-0.3, -0.25) is 20.2 Å². The largest absolute Gasteiger partial charge is 0.484 e. The van der Waals surface area contributed by atoms with Gasteiger partial charge in [-0.2, -0.15) is 0 Å². The topological polar surface area (TPSA) is 107 Å². The van der Waals surface area contributed by atoms with Crippen LogP contribution in [0, 0.1) is 17.0 Å². The number of aromatic nitrogens is 2. The highest BCUT2D eigenvalue weighted by atomic mass is 32.2. The van der Waals surface area contributed by atoms with Crippen LogP contribution in [0.15, 0.2) is 22.5 Å². The van der Waals surface area contributed by atoms with Crippen LogP contribution in [0.25, 0.3) is 0 Å².